The third-order valence-electron chi connectivity index (χ3n) is 5.74. The maximum Gasteiger partial charge on any atom is 0.416 e. The number of halogens is 3. The number of aryl methyl sites for hydroxylation is 2. The number of hydrogen-bond donors (Lipinski definition) is 1. The summed E-state index contributed by atoms with van der Waals surface area (Å²) < 4.78 is 42.2. The molecular weight excluding hydrogens is 469 g/mol. The molecule has 3 heterocycles. The lowest BCUT2D eigenvalue weighted by Gasteiger charge is -2.10. The van der Waals surface area contributed by atoms with Crippen molar-refractivity contribution in [2.45, 2.75) is 19.6 Å². The van der Waals surface area contributed by atoms with Gasteiger partial charge in [-0.25, -0.2) is 4.98 Å². The topological polar surface area (TPSA) is 77.6 Å². The average molecular weight is 490 g/mol. The molecule has 0 unspecified atom stereocenters. The van der Waals surface area contributed by atoms with E-state index in [4.69, 9.17) is 4.98 Å². The molecule has 0 aliphatic carbocycles. The predicted octanol–water partition coefficient (Wildman–Crippen LogP) is 5.46. The molecule has 0 radical (unpaired) electrons. The van der Waals surface area contributed by atoms with Crippen LogP contribution in [-0.4, -0.2) is 30.5 Å². The van der Waals surface area contributed by atoms with E-state index < -0.39 is 11.7 Å². The minimum absolute atomic E-state index is 0.127. The van der Waals surface area contributed by atoms with Crippen LogP contribution in [-0.2, 0) is 19.8 Å². The number of para-hydroxylation sites is 1. The summed E-state index contributed by atoms with van der Waals surface area (Å²) in [6.07, 6.45) is 0.473. The van der Waals surface area contributed by atoms with Gasteiger partial charge in [-0.2, -0.15) is 23.4 Å². The Morgan fingerprint density at radius 1 is 1.06 bits per heavy atom. The lowest BCUT2D eigenvalue weighted by molar-refractivity contribution is -0.137. The number of aromatic nitrogens is 5. The van der Waals surface area contributed by atoms with Crippen molar-refractivity contribution in [3.05, 3.63) is 95.6 Å². The van der Waals surface area contributed by atoms with Gasteiger partial charge in [0.05, 0.1) is 46.5 Å². The Bertz CT molecular complexity index is 1580. The molecule has 0 aliphatic rings. The number of fused-ring (bicyclic) bond motifs is 1. The molecule has 0 atom stereocenters. The number of pyridine rings is 1. The lowest BCUT2D eigenvalue weighted by atomic mass is 10.0. The molecule has 0 saturated carbocycles. The zero-order valence-electron chi connectivity index (χ0n) is 19.4. The molecule has 10 heteroatoms. The van der Waals surface area contributed by atoms with E-state index in [-0.39, 0.29) is 12.5 Å². The molecule has 7 nitrogen and oxygen atoms in total. The number of anilines is 1. The van der Waals surface area contributed by atoms with E-state index in [1.165, 1.54) is 16.9 Å². The maximum atomic E-state index is 13.3. The summed E-state index contributed by atoms with van der Waals surface area (Å²) in [7, 11) is 1.82. The third kappa shape index (κ3) is 4.70. The van der Waals surface area contributed by atoms with Gasteiger partial charge in [-0.05, 0) is 36.8 Å². The SMILES string of the molecule is Cc1nn(C)cc1-c1cc(C(=O)Nc2cnn(Cc3cccc(C(F)(F)F)c3)c2)c2ccccc2n1. The maximum absolute atomic E-state index is 13.3. The normalized spacial score (nSPS) is 11.7. The number of carbonyl (C=O) groups excluding carboxylic acids is 1. The van der Waals surface area contributed by atoms with Crippen molar-refractivity contribution in [1.29, 1.82) is 0 Å². The number of hydrogen-bond acceptors (Lipinski definition) is 4. The van der Waals surface area contributed by atoms with E-state index >= 15 is 0 Å². The fourth-order valence-electron chi connectivity index (χ4n) is 4.10. The predicted molar refractivity (Wildman–Crippen MR) is 129 cm³/mol. The van der Waals surface area contributed by atoms with E-state index in [0.717, 1.165) is 23.4 Å². The van der Waals surface area contributed by atoms with E-state index in [1.54, 1.807) is 23.0 Å². The molecular formula is C26H21F3N6O. The second-order valence-corrected chi connectivity index (χ2v) is 8.45. The Balaban J connectivity index is 1.41. The number of nitrogens with zero attached hydrogens (tertiary/aromatic N) is 5. The van der Waals surface area contributed by atoms with Crippen LogP contribution in [0.5, 0.6) is 0 Å². The van der Waals surface area contributed by atoms with Gasteiger partial charge in [0.2, 0.25) is 0 Å². The van der Waals surface area contributed by atoms with Gasteiger partial charge >= 0.3 is 6.18 Å². The van der Waals surface area contributed by atoms with Crippen LogP contribution in [0, 0.1) is 6.92 Å². The summed E-state index contributed by atoms with van der Waals surface area (Å²) in [6, 6.07) is 14.2. The molecule has 0 saturated heterocycles. The number of rotatable bonds is 5. The van der Waals surface area contributed by atoms with Crippen LogP contribution in [0.15, 0.2) is 73.2 Å². The Morgan fingerprint density at radius 3 is 2.61 bits per heavy atom. The standard InChI is InChI=1S/C26H21F3N6O/c1-16-22(15-34(2)33-16)24-11-21(20-8-3-4-9-23(20)32-24)25(36)31-19-12-30-35(14-19)13-17-6-5-7-18(10-17)26(27,28)29/h3-12,14-15H,13H2,1-2H3,(H,31,36). The van der Waals surface area contributed by atoms with Gasteiger partial charge in [0.15, 0.2) is 0 Å². The number of carbonyl (C=O) groups is 1. The highest BCUT2D eigenvalue weighted by molar-refractivity contribution is 6.13. The summed E-state index contributed by atoms with van der Waals surface area (Å²) in [6.45, 7) is 2.01. The van der Waals surface area contributed by atoms with Crippen molar-refractivity contribution in [1.82, 2.24) is 24.5 Å². The molecule has 182 valence electrons. The van der Waals surface area contributed by atoms with E-state index in [9.17, 15) is 18.0 Å². The second-order valence-electron chi connectivity index (χ2n) is 8.45. The Hall–Kier alpha value is -4.47. The number of amides is 1. The molecule has 0 fully saturated rings. The van der Waals surface area contributed by atoms with Crippen molar-refractivity contribution >= 4 is 22.5 Å². The molecule has 3 aromatic heterocycles. The molecule has 0 aliphatic heterocycles. The summed E-state index contributed by atoms with van der Waals surface area (Å²) in [4.78, 5) is 18.0. The minimum atomic E-state index is -4.42. The number of benzene rings is 2. The third-order valence-corrected chi connectivity index (χ3v) is 5.74. The number of alkyl halides is 3. The summed E-state index contributed by atoms with van der Waals surface area (Å²) in [5.41, 5.74) is 3.51. The summed E-state index contributed by atoms with van der Waals surface area (Å²) in [5.74, 6) is -0.352. The fraction of sp³-hybridized carbons (Fsp3) is 0.154. The van der Waals surface area contributed by atoms with Crippen LogP contribution < -0.4 is 5.32 Å². The first kappa shape index (κ1) is 23.3. The zero-order valence-corrected chi connectivity index (χ0v) is 19.4. The quantitative estimate of drug-likeness (QED) is 0.355. The van der Waals surface area contributed by atoms with Crippen LogP contribution in [0.2, 0.25) is 0 Å². The van der Waals surface area contributed by atoms with Crippen LogP contribution in [0.3, 0.4) is 0 Å². The molecule has 5 rings (SSSR count). The van der Waals surface area contributed by atoms with Gasteiger partial charge in [0, 0.05) is 30.4 Å². The van der Waals surface area contributed by atoms with Gasteiger partial charge in [0.25, 0.3) is 5.91 Å². The first-order valence-corrected chi connectivity index (χ1v) is 11.1. The first-order valence-electron chi connectivity index (χ1n) is 11.1. The van der Waals surface area contributed by atoms with Gasteiger partial charge in [-0.1, -0.05) is 30.3 Å². The van der Waals surface area contributed by atoms with Crippen LogP contribution in [0.4, 0.5) is 18.9 Å². The van der Waals surface area contributed by atoms with Crippen molar-refractivity contribution in [2.24, 2.45) is 7.05 Å². The van der Waals surface area contributed by atoms with E-state index in [0.29, 0.717) is 33.4 Å². The average Bonchev–Trinajstić information content (AvgIpc) is 3.42. The molecule has 0 bridgehead atoms. The van der Waals surface area contributed by atoms with Gasteiger partial charge in [-0.15, -0.1) is 0 Å². The van der Waals surface area contributed by atoms with Crippen molar-refractivity contribution in [3.8, 4) is 11.3 Å². The molecule has 0 spiro atoms. The second kappa shape index (κ2) is 8.95. The first-order chi connectivity index (χ1) is 17.2. The van der Waals surface area contributed by atoms with Crippen LogP contribution >= 0.6 is 0 Å². The van der Waals surface area contributed by atoms with Crippen molar-refractivity contribution in [3.63, 3.8) is 0 Å². The zero-order chi connectivity index (χ0) is 25.4. The molecule has 1 amide bonds. The highest BCUT2D eigenvalue weighted by Gasteiger charge is 2.30. The molecule has 5 aromatic rings. The largest absolute Gasteiger partial charge is 0.416 e. The lowest BCUT2D eigenvalue weighted by Crippen LogP contribution is -2.13. The van der Waals surface area contributed by atoms with Crippen LogP contribution in [0.25, 0.3) is 22.2 Å². The van der Waals surface area contributed by atoms with Gasteiger partial charge in [-0.3, -0.25) is 14.2 Å². The number of nitrogens with one attached hydrogen (secondary N) is 1. The Labute approximate surface area is 204 Å². The monoisotopic (exact) mass is 490 g/mol. The summed E-state index contributed by atoms with van der Waals surface area (Å²) in [5, 5.41) is 12.1. The molecule has 36 heavy (non-hydrogen) atoms. The van der Waals surface area contributed by atoms with Gasteiger partial charge < -0.3 is 5.32 Å². The Morgan fingerprint density at radius 2 is 1.86 bits per heavy atom. The van der Waals surface area contributed by atoms with Crippen molar-refractivity contribution in [2.75, 3.05) is 5.32 Å². The highest BCUT2D eigenvalue weighted by atomic mass is 19.4. The highest BCUT2D eigenvalue weighted by Crippen LogP contribution is 2.30. The summed E-state index contributed by atoms with van der Waals surface area (Å²) >= 11 is 0. The van der Waals surface area contributed by atoms with E-state index in [1.807, 2.05) is 44.4 Å². The van der Waals surface area contributed by atoms with E-state index in [2.05, 4.69) is 15.5 Å². The Kier molecular flexibility index (Phi) is 5.79. The van der Waals surface area contributed by atoms with Crippen LogP contribution in [0.1, 0.15) is 27.2 Å². The minimum Gasteiger partial charge on any atom is -0.319 e. The smallest absolute Gasteiger partial charge is 0.319 e. The molecule has 1 N–H and O–H groups in total. The van der Waals surface area contributed by atoms with Gasteiger partial charge in [0.1, 0.15) is 0 Å². The molecule has 2 aromatic carbocycles. The van der Waals surface area contributed by atoms with Crippen molar-refractivity contribution < 1.29 is 18.0 Å². The fourth-order valence-corrected chi connectivity index (χ4v) is 4.10.